The number of rotatable bonds is 4. The second-order valence-corrected chi connectivity index (χ2v) is 9.31. The van der Waals surface area contributed by atoms with E-state index in [1.807, 2.05) is 39.0 Å². The topological polar surface area (TPSA) is 110 Å². The van der Waals surface area contributed by atoms with Gasteiger partial charge in [-0.2, -0.15) is 5.10 Å². The Balaban J connectivity index is 2.01. The van der Waals surface area contributed by atoms with Gasteiger partial charge in [0.05, 0.1) is 22.9 Å². The van der Waals surface area contributed by atoms with Crippen LogP contribution in [0.5, 0.6) is 0 Å². The Morgan fingerprint density at radius 2 is 1.93 bits per heavy atom. The highest BCUT2D eigenvalue weighted by molar-refractivity contribution is 7.90. The Morgan fingerprint density at radius 3 is 2.57 bits per heavy atom. The molecule has 0 radical (unpaired) electrons. The minimum absolute atomic E-state index is 0.145. The molecule has 0 aliphatic carbocycles. The van der Waals surface area contributed by atoms with E-state index in [1.165, 1.54) is 4.68 Å². The van der Waals surface area contributed by atoms with Crippen molar-refractivity contribution >= 4 is 27.5 Å². The number of aromatic nitrogens is 2. The number of hydrogen-bond acceptors (Lipinski definition) is 5. The highest BCUT2D eigenvalue weighted by atomic mass is 32.2. The van der Waals surface area contributed by atoms with Crippen molar-refractivity contribution in [2.75, 3.05) is 5.32 Å². The molecule has 1 aromatic heterocycles. The van der Waals surface area contributed by atoms with Gasteiger partial charge in [-0.3, -0.25) is 9.59 Å². The maximum atomic E-state index is 12.4. The Morgan fingerprint density at radius 1 is 1.21 bits per heavy atom. The third kappa shape index (κ3) is 3.94. The van der Waals surface area contributed by atoms with Crippen LogP contribution >= 0.6 is 0 Å². The molecule has 0 saturated carbocycles. The van der Waals surface area contributed by atoms with E-state index >= 15 is 0 Å². The molecule has 2 N–H and O–H groups in total. The van der Waals surface area contributed by atoms with Gasteiger partial charge in [-0.1, -0.05) is 24.6 Å². The molecule has 1 aliphatic heterocycles. The van der Waals surface area contributed by atoms with Crippen LogP contribution in [0.15, 0.2) is 18.2 Å². The van der Waals surface area contributed by atoms with E-state index in [0.29, 0.717) is 17.7 Å². The quantitative estimate of drug-likeness (QED) is 0.755. The third-order valence-electron chi connectivity index (χ3n) is 4.80. The fourth-order valence-electron chi connectivity index (χ4n) is 3.14. The molecule has 2 amide bonds. The predicted octanol–water partition coefficient (Wildman–Crippen LogP) is 1.77. The summed E-state index contributed by atoms with van der Waals surface area (Å²) in [5.41, 5.74) is 3.54. The maximum absolute atomic E-state index is 12.4. The number of sulfone groups is 1. The fraction of sp³-hybridized carbons (Fsp3) is 0.421. The van der Waals surface area contributed by atoms with E-state index in [4.69, 9.17) is 0 Å². The lowest BCUT2D eigenvalue weighted by Crippen LogP contribution is -2.40. The lowest BCUT2D eigenvalue weighted by molar-refractivity contribution is -0.136. The Kier molecular flexibility index (Phi) is 5.29. The van der Waals surface area contributed by atoms with Crippen LogP contribution in [0.4, 0.5) is 5.82 Å². The fourth-order valence-corrected chi connectivity index (χ4v) is 4.64. The molecule has 8 nitrogen and oxygen atoms in total. The van der Waals surface area contributed by atoms with Gasteiger partial charge in [0.2, 0.25) is 0 Å². The van der Waals surface area contributed by atoms with Crippen LogP contribution in [0.2, 0.25) is 0 Å². The second-order valence-electron chi connectivity index (χ2n) is 7.24. The molecule has 9 heteroatoms. The molecule has 1 atom stereocenters. The molecule has 1 aliphatic rings. The zero-order chi connectivity index (χ0) is 20.6. The van der Waals surface area contributed by atoms with Gasteiger partial charge in [-0.15, -0.1) is 0 Å². The molecule has 0 bridgehead atoms. The molecule has 0 fully saturated rings. The molecule has 28 heavy (non-hydrogen) atoms. The van der Waals surface area contributed by atoms with Crippen molar-refractivity contribution in [1.82, 2.24) is 15.1 Å². The summed E-state index contributed by atoms with van der Waals surface area (Å²) in [5, 5.41) is 9.62. The van der Waals surface area contributed by atoms with Gasteiger partial charge in [0, 0.05) is 11.6 Å². The van der Waals surface area contributed by atoms with Gasteiger partial charge in [0.25, 0.3) is 0 Å². The number of amides is 2. The molecule has 2 aromatic rings. The summed E-state index contributed by atoms with van der Waals surface area (Å²) in [7, 11) is -3.31. The van der Waals surface area contributed by atoms with E-state index in [9.17, 15) is 18.0 Å². The highest BCUT2D eigenvalue weighted by Gasteiger charge is 2.34. The average molecular weight is 404 g/mol. The number of anilines is 1. The first-order valence-corrected chi connectivity index (χ1v) is 10.9. The summed E-state index contributed by atoms with van der Waals surface area (Å²) in [5.74, 6) is -1.78. The summed E-state index contributed by atoms with van der Waals surface area (Å²) < 4.78 is 25.6. The summed E-state index contributed by atoms with van der Waals surface area (Å²) in [6.07, 6.45) is 0.688. The molecule has 0 unspecified atom stereocenters. The first-order valence-electron chi connectivity index (χ1n) is 9.12. The number of fused-ring (bicyclic) bond motifs is 1. The molecule has 0 spiro atoms. The third-order valence-corrected chi connectivity index (χ3v) is 6.24. The van der Waals surface area contributed by atoms with Gasteiger partial charge < -0.3 is 10.6 Å². The number of aryl methyl sites for hydroxylation is 2. The van der Waals surface area contributed by atoms with Crippen LogP contribution in [0.25, 0.3) is 5.69 Å². The Bertz CT molecular complexity index is 1060. The van der Waals surface area contributed by atoms with Crippen LogP contribution in [-0.2, 0) is 30.9 Å². The van der Waals surface area contributed by atoms with Crippen molar-refractivity contribution in [2.45, 2.75) is 51.7 Å². The van der Waals surface area contributed by atoms with E-state index in [0.717, 1.165) is 16.8 Å². The van der Waals surface area contributed by atoms with E-state index in [1.54, 1.807) is 6.92 Å². The number of benzene rings is 1. The summed E-state index contributed by atoms with van der Waals surface area (Å²) in [6.45, 7) is 7.58. The number of nitrogens with one attached hydrogen (secondary N) is 2. The van der Waals surface area contributed by atoms with Crippen LogP contribution in [-0.4, -0.2) is 36.1 Å². The van der Waals surface area contributed by atoms with Crippen molar-refractivity contribution in [1.29, 1.82) is 0 Å². The van der Waals surface area contributed by atoms with Gasteiger partial charge in [0.15, 0.2) is 9.84 Å². The molecular formula is C19H24N4O4S. The molecule has 150 valence electrons. The molecule has 2 heterocycles. The van der Waals surface area contributed by atoms with Gasteiger partial charge in [0.1, 0.15) is 5.82 Å². The minimum atomic E-state index is -3.31. The van der Waals surface area contributed by atoms with Crippen molar-refractivity contribution < 1.29 is 18.0 Å². The summed E-state index contributed by atoms with van der Waals surface area (Å²) in [6, 6.07) is 5.59. The lowest BCUT2D eigenvalue weighted by atomic mass is 10.1. The van der Waals surface area contributed by atoms with E-state index in [2.05, 4.69) is 15.7 Å². The number of carbonyl (C=O) groups excluding carboxylic acids is 2. The number of nitrogens with zero attached hydrogens (tertiary/aromatic N) is 2. The summed E-state index contributed by atoms with van der Waals surface area (Å²) >= 11 is 0. The number of hydrogen-bond donors (Lipinski definition) is 2. The zero-order valence-electron chi connectivity index (χ0n) is 16.4. The van der Waals surface area contributed by atoms with E-state index in [-0.39, 0.29) is 23.4 Å². The van der Waals surface area contributed by atoms with Crippen molar-refractivity contribution in [3.05, 3.63) is 40.6 Å². The van der Waals surface area contributed by atoms with Crippen molar-refractivity contribution in [2.24, 2.45) is 0 Å². The second kappa shape index (κ2) is 7.38. The number of carbonyl (C=O) groups is 2. The largest absolute Gasteiger partial charge is 0.345 e. The van der Waals surface area contributed by atoms with Crippen LogP contribution < -0.4 is 10.6 Å². The standard InChI is InChI=1S/C19H24N4O4S/c1-5-13(4)20-18(24)19(25)21-17-14-9-28(26,27)10-15(14)22-23(17)16-7-6-11(2)8-12(16)3/h6-8,13H,5,9-10H2,1-4H3,(H,20,24)(H,21,25)/t13-/m0/s1. The zero-order valence-corrected chi connectivity index (χ0v) is 17.2. The molecular weight excluding hydrogens is 380 g/mol. The van der Waals surface area contributed by atoms with Gasteiger partial charge >= 0.3 is 11.8 Å². The first-order chi connectivity index (χ1) is 13.1. The molecule has 1 aromatic carbocycles. The Hall–Kier alpha value is -2.68. The van der Waals surface area contributed by atoms with Gasteiger partial charge in [-0.05, 0) is 38.8 Å². The monoisotopic (exact) mass is 404 g/mol. The Labute approximate surface area is 164 Å². The lowest BCUT2D eigenvalue weighted by Gasteiger charge is -2.14. The predicted molar refractivity (Wildman–Crippen MR) is 106 cm³/mol. The summed E-state index contributed by atoms with van der Waals surface area (Å²) in [4.78, 5) is 24.6. The van der Waals surface area contributed by atoms with Crippen LogP contribution in [0.1, 0.15) is 42.7 Å². The van der Waals surface area contributed by atoms with E-state index < -0.39 is 21.7 Å². The normalized spacial score (nSPS) is 15.7. The molecule has 3 rings (SSSR count). The smallest absolute Gasteiger partial charge is 0.314 e. The minimum Gasteiger partial charge on any atom is -0.345 e. The van der Waals surface area contributed by atoms with Gasteiger partial charge in [-0.25, -0.2) is 13.1 Å². The van der Waals surface area contributed by atoms with Crippen molar-refractivity contribution in [3.8, 4) is 5.69 Å². The molecule has 0 saturated heterocycles. The van der Waals surface area contributed by atoms with Crippen LogP contribution in [0, 0.1) is 13.8 Å². The first kappa shape index (κ1) is 20.1. The van der Waals surface area contributed by atoms with Crippen LogP contribution in [0.3, 0.4) is 0 Å². The highest BCUT2D eigenvalue weighted by Crippen LogP contribution is 2.33. The maximum Gasteiger partial charge on any atom is 0.314 e. The van der Waals surface area contributed by atoms with Crippen molar-refractivity contribution in [3.63, 3.8) is 0 Å². The average Bonchev–Trinajstić information content (AvgIpc) is 3.07. The SMILES string of the molecule is CC[C@H](C)NC(=O)C(=O)Nc1c2c(nn1-c1ccc(C)cc1C)CS(=O)(=O)C2.